The van der Waals surface area contributed by atoms with Gasteiger partial charge in [0.05, 0.1) is 12.0 Å². The molecule has 0 saturated heterocycles. The third kappa shape index (κ3) is 4.46. The predicted octanol–water partition coefficient (Wildman–Crippen LogP) is 6.04. The van der Waals surface area contributed by atoms with Crippen LogP contribution in [-0.2, 0) is 4.74 Å². The number of aliphatic hydroxyl groups excluding tert-OH is 1. The Balaban J connectivity index is 1.48. The summed E-state index contributed by atoms with van der Waals surface area (Å²) in [6.07, 6.45) is 2.37. The van der Waals surface area contributed by atoms with E-state index < -0.39 is 6.41 Å². The van der Waals surface area contributed by atoms with Crippen molar-refractivity contribution in [2.24, 2.45) is 5.10 Å². The summed E-state index contributed by atoms with van der Waals surface area (Å²) in [5.41, 5.74) is 5.08. The number of methoxy groups -OCH3 is 1. The molecule has 2 heterocycles. The van der Waals surface area contributed by atoms with Crippen molar-refractivity contribution in [2.45, 2.75) is 13.3 Å². The van der Waals surface area contributed by atoms with E-state index in [-0.39, 0.29) is 5.82 Å². The number of hydrazone groups is 1. The number of hydrogen-bond acceptors (Lipinski definition) is 7. The second-order valence-electron chi connectivity index (χ2n) is 7.64. The van der Waals surface area contributed by atoms with Crippen molar-refractivity contribution in [1.82, 2.24) is 5.43 Å². The third-order valence-corrected chi connectivity index (χ3v) is 6.49. The molecule has 6 nitrogen and oxygen atoms in total. The van der Waals surface area contributed by atoms with Gasteiger partial charge in [-0.25, -0.2) is 9.82 Å². The molecule has 0 spiro atoms. The molecule has 0 amide bonds. The molecule has 0 fully saturated rings. The molecule has 4 aromatic rings. The lowest BCUT2D eigenvalue weighted by Gasteiger charge is -2.10. The number of fused-ring (bicyclic) bond motifs is 1. The van der Waals surface area contributed by atoms with Gasteiger partial charge in [0.1, 0.15) is 17.3 Å². The Labute approximate surface area is 199 Å². The number of ether oxygens (including phenoxy) is 3. The fourth-order valence-electron chi connectivity index (χ4n) is 3.64. The summed E-state index contributed by atoms with van der Waals surface area (Å²) in [6, 6.07) is 18.2. The molecule has 0 saturated carbocycles. The first-order chi connectivity index (χ1) is 16.5. The van der Waals surface area contributed by atoms with Crippen LogP contribution in [0.5, 0.6) is 17.2 Å². The van der Waals surface area contributed by atoms with Gasteiger partial charge in [0.2, 0.25) is 5.90 Å². The van der Waals surface area contributed by atoms with Gasteiger partial charge in [0.15, 0.2) is 5.75 Å². The van der Waals surface area contributed by atoms with Gasteiger partial charge in [0, 0.05) is 16.2 Å². The maximum absolute atomic E-state index is 13.8. The van der Waals surface area contributed by atoms with Gasteiger partial charge >= 0.3 is 0 Å². The highest BCUT2D eigenvalue weighted by Crippen LogP contribution is 2.48. The summed E-state index contributed by atoms with van der Waals surface area (Å²) in [5.74, 6) is 2.17. The van der Waals surface area contributed by atoms with Crippen molar-refractivity contribution in [1.29, 1.82) is 0 Å². The summed E-state index contributed by atoms with van der Waals surface area (Å²) in [7, 11) is 1.64. The number of halogens is 1. The molecule has 0 bridgehead atoms. The SMILES string of the molecule is COc1ccc2c(Oc3ccc(/C=C/C4=NNC(O)O4)cc3)c(-c3ccc(F)cc3C)sc2c1. The maximum atomic E-state index is 13.8. The van der Waals surface area contributed by atoms with Gasteiger partial charge in [-0.15, -0.1) is 16.4 Å². The van der Waals surface area contributed by atoms with E-state index in [4.69, 9.17) is 14.2 Å². The summed E-state index contributed by atoms with van der Waals surface area (Å²) in [4.78, 5) is 0.923. The predicted molar refractivity (Wildman–Crippen MR) is 132 cm³/mol. The van der Waals surface area contributed by atoms with E-state index in [0.717, 1.165) is 43.2 Å². The molecule has 1 aliphatic heterocycles. The molecule has 3 aromatic carbocycles. The van der Waals surface area contributed by atoms with Crippen molar-refractivity contribution < 1.29 is 23.7 Å². The first kappa shape index (κ1) is 21.9. The van der Waals surface area contributed by atoms with Crippen molar-refractivity contribution in [3.05, 3.63) is 83.7 Å². The van der Waals surface area contributed by atoms with Crippen LogP contribution < -0.4 is 14.9 Å². The summed E-state index contributed by atoms with van der Waals surface area (Å²) in [6.45, 7) is 1.89. The Hall–Kier alpha value is -3.88. The summed E-state index contributed by atoms with van der Waals surface area (Å²) < 4.78 is 31.6. The molecule has 1 aromatic heterocycles. The number of rotatable bonds is 6. The number of nitrogens with one attached hydrogen (secondary N) is 1. The third-order valence-electron chi connectivity index (χ3n) is 5.32. The molecule has 172 valence electrons. The Morgan fingerprint density at radius 1 is 1.06 bits per heavy atom. The first-order valence-electron chi connectivity index (χ1n) is 10.5. The highest BCUT2D eigenvalue weighted by molar-refractivity contribution is 7.22. The van der Waals surface area contributed by atoms with Crippen molar-refractivity contribution in [2.75, 3.05) is 7.11 Å². The Morgan fingerprint density at radius 2 is 1.85 bits per heavy atom. The van der Waals surface area contributed by atoms with Crippen LogP contribution in [0, 0.1) is 12.7 Å². The Morgan fingerprint density at radius 3 is 2.56 bits per heavy atom. The van der Waals surface area contributed by atoms with Gasteiger partial charge in [0.25, 0.3) is 6.41 Å². The largest absolute Gasteiger partial charge is 0.497 e. The molecule has 8 heteroatoms. The van der Waals surface area contributed by atoms with Crippen LogP contribution >= 0.6 is 11.3 Å². The minimum atomic E-state index is -1.12. The zero-order valence-corrected chi connectivity index (χ0v) is 19.2. The fraction of sp³-hybridized carbons (Fsp3) is 0.115. The number of nitrogens with zero attached hydrogens (tertiary/aromatic N) is 1. The zero-order valence-electron chi connectivity index (χ0n) is 18.4. The Kier molecular flexibility index (Phi) is 5.91. The van der Waals surface area contributed by atoms with Crippen LogP contribution in [0.2, 0.25) is 0 Å². The monoisotopic (exact) mass is 476 g/mol. The molecule has 2 N–H and O–H groups in total. The smallest absolute Gasteiger partial charge is 0.295 e. The van der Waals surface area contributed by atoms with E-state index in [0.29, 0.717) is 11.6 Å². The minimum absolute atomic E-state index is 0.269. The van der Waals surface area contributed by atoms with Crippen LogP contribution in [0.25, 0.3) is 26.6 Å². The van der Waals surface area contributed by atoms with E-state index in [9.17, 15) is 9.50 Å². The van der Waals surface area contributed by atoms with Gasteiger partial charge < -0.3 is 19.3 Å². The summed E-state index contributed by atoms with van der Waals surface area (Å²) in [5, 5.41) is 14.1. The highest BCUT2D eigenvalue weighted by Gasteiger charge is 2.19. The number of aryl methyl sites for hydroxylation is 1. The molecular formula is C26H21FN2O4S. The van der Waals surface area contributed by atoms with Crippen LogP contribution in [-0.4, -0.2) is 24.5 Å². The average molecular weight is 477 g/mol. The highest BCUT2D eigenvalue weighted by atomic mass is 32.1. The fourth-order valence-corrected chi connectivity index (χ4v) is 4.88. The molecule has 1 aliphatic rings. The molecule has 0 aliphatic carbocycles. The van der Waals surface area contributed by atoms with Crippen molar-refractivity contribution in [3.8, 4) is 27.7 Å². The Bertz CT molecular complexity index is 1410. The summed E-state index contributed by atoms with van der Waals surface area (Å²) >= 11 is 1.58. The minimum Gasteiger partial charge on any atom is -0.497 e. The maximum Gasteiger partial charge on any atom is 0.295 e. The van der Waals surface area contributed by atoms with Crippen LogP contribution in [0.3, 0.4) is 0 Å². The van der Waals surface area contributed by atoms with Gasteiger partial charge in [-0.3, -0.25) is 0 Å². The molecule has 34 heavy (non-hydrogen) atoms. The van der Waals surface area contributed by atoms with Gasteiger partial charge in [-0.2, -0.15) is 0 Å². The van der Waals surface area contributed by atoms with E-state index in [1.54, 1.807) is 30.6 Å². The standard InChI is InChI=1S/C26H21FN2O4S/c1-15-13-17(27)6-10-20(15)25-24(21-11-9-19(31-2)14-22(21)34-25)32-18-7-3-16(4-8-18)5-12-23-28-29-26(30)33-23/h3-14,26,29-30H,1-2H3/b12-5+. The number of thiophene rings is 1. The lowest BCUT2D eigenvalue weighted by Crippen LogP contribution is -2.19. The van der Waals surface area contributed by atoms with Gasteiger partial charge in [-0.05, 0) is 72.2 Å². The number of aliphatic hydroxyl groups is 1. The lowest BCUT2D eigenvalue weighted by atomic mass is 10.1. The second kappa shape index (κ2) is 9.17. The molecule has 5 rings (SSSR count). The second-order valence-corrected chi connectivity index (χ2v) is 8.69. The molecule has 1 atom stereocenters. The molecule has 1 unspecified atom stereocenters. The van der Waals surface area contributed by atoms with Crippen molar-refractivity contribution in [3.63, 3.8) is 0 Å². The van der Waals surface area contributed by atoms with Crippen LogP contribution in [0.4, 0.5) is 4.39 Å². The average Bonchev–Trinajstić information content (AvgIpc) is 3.41. The molecular weight excluding hydrogens is 455 g/mol. The van der Waals surface area contributed by atoms with Crippen molar-refractivity contribution >= 4 is 33.4 Å². The van der Waals surface area contributed by atoms with E-state index >= 15 is 0 Å². The van der Waals surface area contributed by atoms with Crippen LogP contribution in [0.1, 0.15) is 11.1 Å². The quantitative estimate of drug-likeness (QED) is 0.355. The lowest BCUT2D eigenvalue weighted by molar-refractivity contribution is -0.0327. The number of hydrogen-bond donors (Lipinski definition) is 2. The topological polar surface area (TPSA) is 72.3 Å². The zero-order chi connectivity index (χ0) is 23.7. The van der Waals surface area contributed by atoms with E-state index in [1.807, 2.05) is 55.5 Å². The van der Waals surface area contributed by atoms with E-state index in [1.165, 1.54) is 12.1 Å². The first-order valence-corrected chi connectivity index (χ1v) is 11.3. The van der Waals surface area contributed by atoms with Crippen LogP contribution in [0.15, 0.2) is 71.8 Å². The van der Waals surface area contributed by atoms with E-state index in [2.05, 4.69) is 10.5 Å². The van der Waals surface area contributed by atoms with Gasteiger partial charge in [-0.1, -0.05) is 18.2 Å². The normalized spacial score (nSPS) is 15.3. The molecule has 0 radical (unpaired) electrons. The number of benzene rings is 3.